The number of ketones is 1. The van der Waals surface area contributed by atoms with Crippen LogP contribution in [0.25, 0.3) is 0 Å². The third-order valence-electron chi connectivity index (χ3n) is 3.94. The molecule has 106 valence electrons. The highest BCUT2D eigenvalue weighted by Crippen LogP contribution is 2.34. The Kier molecular flexibility index (Phi) is 5.84. The van der Waals surface area contributed by atoms with Gasteiger partial charge in [0.15, 0.2) is 5.78 Å². The van der Waals surface area contributed by atoms with E-state index in [4.69, 9.17) is 4.74 Å². The Balaban J connectivity index is 2.66. The molecule has 0 heterocycles. The number of rotatable bonds is 5. The molecule has 1 aliphatic carbocycles. The van der Waals surface area contributed by atoms with Crippen LogP contribution in [0.3, 0.4) is 0 Å². The van der Waals surface area contributed by atoms with Crippen molar-refractivity contribution in [3.05, 3.63) is 0 Å². The van der Waals surface area contributed by atoms with Crippen molar-refractivity contribution in [1.82, 2.24) is 0 Å². The molecule has 0 radical (unpaired) electrons. The molecule has 0 aliphatic heterocycles. The lowest BCUT2D eigenvalue weighted by molar-refractivity contribution is -0.147. The van der Waals surface area contributed by atoms with Crippen LogP contribution in [0.5, 0.6) is 0 Å². The van der Waals surface area contributed by atoms with E-state index >= 15 is 0 Å². The van der Waals surface area contributed by atoms with Crippen LogP contribution < -0.4 is 0 Å². The van der Waals surface area contributed by atoms with Crippen molar-refractivity contribution in [1.29, 1.82) is 0 Å². The van der Waals surface area contributed by atoms with E-state index in [1.165, 1.54) is 12.8 Å². The predicted octanol–water partition coefficient (Wildman–Crippen LogP) is 4.51. The Bertz CT molecular complexity index is 255. The van der Waals surface area contributed by atoms with Gasteiger partial charge in [0, 0.05) is 13.0 Å². The number of carbonyl (C=O) groups is 1. The molecule has 1 saturated carbocycles. The summed E-state index contributed by atoms with van der Waals surface area (Å²) in [5.41, 5.74) is -0.218. The van der Waals surface area contributed by atoms with E-state index in [2.05, 4.69) is 20.8 Å². The van der Waals surface area contributed by atoms with Crippen molar-refractivity contribution in [3.8, 4) is 0 Å². The summed E-state index contributed by atoms with van der Waals surface area (Å²) in [4.78, 5) is 12.6. The fourth-order valence-electron chi connectivity index (χ4n) is 2.80. The smallest absolute Gasteiger partial charge is 0.164 e. The highest BCUT2D eigenvalue weighted by molar-refractivity contribution is 5.87. The molecule has 2 nitrogen and oxygen atoms in total. The van der Waals surface area contributed by atoms with Gasteiger partial charge in [0.2, 0.25) is 0 Å². The molecule has 0 N–H and O–H groups in total. The standard InChI is InChI=1S/C16H30O2/c1-5-18-16(11-8-6-7-9-12-16)14(17)10-13-15(2,3)4/h5-13H2,1-4H3. The highest BCUT2D eigenvalue weighted by Gasteiger charge is 2.38. The molecule has 0 atom stereocenters. The van der Waals surface area contributed by atoms with Crippen molar-refractivity contribution >= 4 is 5.78 Å². The van der Waals surface area contributed by atoms with Crippen molar-refractivity contribution < 1.29 is 9.53 Å². The van der Waals surface area contributed by atoms with E-state index in [1.54, 1.807) is 0 Å². The van der Waals surface area contributed by atoms with E-state index in [-0.39, 0.29) is 5.41 Å². The molecule has 0 aromatic rings. The van der Waals surface area contributed by atoms with Crippen molar-refractivity contribution in [2.24, 2.45) is 5.41 Å². The molecule has 0 spiro atoms. The number of carbonyl (C=O) groups excluding carboxylic acids is 1. The number of Topliss-reactive ketones (excluding diaryl/α,β-unsaturated/α-hetero) is 1. The molecule has 0 aromatic heterocycles. The van der Waals surface area contributed by atoms with Gasteiger partial charge in [0.25, 0.3) is 0 Å². The first-order valence-corrected chi connectivity index (χ1v) is 7.57. The summed E-state index contributed by atoms with van der Waals surface area (Å²) in [6, 6.07) is 0. The summed E-state index contributed by atoms with van der Waals surface area (Å²) >= 11 is 0. The second-order valence-corrected chi connectivity index (χ2v) is 6.83. The summed E-state index contributed by atoms with van der Waals surface area (Å²) in [7, 11) is 0. The molecular formula is C16H30O2. The number of hydrogen-bond donors (Lipinski definition) is 0. The lowest BCUT2D eigenvalue weighted by Gasteiger charge is -2.32. The van der Waals surface area contributed by atoms with Crippen LogP contribution in [0.2, 0.25) is 0 Å². The Morgan fingerprint density at radius 3 is 2.11 bits per heavy atom. The average molecular weight is 254 g/mol. The third kappa shape index (κ3) is 4.72. The first kappa shape index (κ1) is 15.7. The van der Waals surface area contributed by atoms with Crippen LogP contribution in [-0.4, -0.2) is 18.0 Å². The molecule has 0 amide bonds. The lowest BCUT2D eigenvalue weighted by Crippen LogP contribution is -2.41. The normalized spacial score (nSPS) is 20.4. The second kappa shape index (κ2) is 6.70. The minimum atomic E-state index is -0.448. The fourth-order valence-corrected chi connectivity index (χ4v) is 2.80. The van der Waals surface area contributed by atoms with E-state index in [1.807, 2.05) is 6.92 Å². The third-order valence-corrected chi connectivity index (χ3v) is 3.94. The molecule has 1 rings (SSSR count). The number of ether oxygens (including phenoxy) is 1. The van der Waals surface area contributed by atoms with Gasteiger partial charge in [0.05, 0.1) is 0 Å². The molecule has 1 fully saturated rings. The van der Waals surface area contributed by atoms with Crippen LogP contribution in [-0.2, 0) is 9.53 Å². The maximum atomic E-state index is 12.6. The van der Waals surface area contributed by atoms with Crippen LogP contribution in [0.15, 0.2) is 0 Å². The summed E-state index contributed by atoms with van der Waals surface area (Å²) in [6.07, 6.45) is 8.28. The zero-order valence-electron chi connectivity index (χ0n) is 12.7. The van der Waals surface area contributed by atoms with Crippen molar-refractivity contribution in [2.75, 3.05) is 6.61 Å². The minimum absolute atomic E-state index is 0.230. The van der Waals surface area contributed by atoms with Gasteiger partial charge in [-0.25, -0.2) is 0 Å². The maximum absolute atomic E-state index is 12.6. The Morgan fingerprint density at radius 1 is 1.11 bits per heavy atom. The van der Waals surface area contributed by atoms with E-state index in [0.717, 1.165) is 32.1 Å². The molecule has 0 aromatic carbocycles. The largest absolute Gasteiger partial charge is 0.368 e. The lowest BCUT2D eigenvalue weighted by atomic mass is 9.82. The van der Waals surface area contributed by atoms with Crippen molar-refractivity contribution in [2.45, 2.75) is 84.7 Å². The van der Waals surface area contributed by atoms with E-state index < -0.39 is 5.60 Å². The minimum Gasteiger partial charge on any atom is -0.368 e. The molecule has 18 heavy (non-hydrogen) atoms. The monoisotopic (exact) mass is 254 g/mol. The van der Waals surface area contributed by atoms with Gasteiger partial charge in [0.1, 0.15) is 5.60 Å². The average Bonchev–Trinajstić information content (AvgIpc) is 2.52. The maximum Gasteiger partial charge on any atom is 0.164 e. The predicted molar refractivity (Wildman–Crippen MR) is 75.8 cm³/mol. The van der Waals surface area contributed by atoms with Gasteiger partial charge >= 0.3 is 0 Å². The van der Waals surface area contributed by atoms with Crippen LogP contribution >= 0.6 is 0 Å². The van der Waals surface area contributed by atoms with Gasteiger partial charge in [-0.2, -0.15) is 0 Å². The molecule has 0 saturated heterocycles. The summed E-state index contributed by atoms with van der Waals surface area (Å²) < 4.78 is 5.93. The topological polar surface area (TPSA) is 26.3 Å². The Hall–Kier alpha value is -0.370. The second-order valence-electron chi connectivity index (χ2n) is 6.83. The van der Waals surface area contributed by atoms with Crippen molar-refractivity contribution in [3.63, 3.8) is 0 Å². The van der Waals surface area contributed by atoms with E-state index in [9.17, 15) is 4.79 Å². The van der Waals surface area contributed by atoms with Crippen LogP contribution in [0.4, 0.5) is 0 Å². The van der Waals surface area contributed by atoms with Crippen LogP contribution in [0, 0.1) is 5.41 Å². The Labute approximate surface area is 112 Å². The van der Waals surface area contributed by atoms with Gasteiger partial charge in [-0.3, -0.25) is 4.79 Å². The van der Waals surface area contributed by atoms with Gasteiger partial charge in [-0.05, 0) is 31.6 Å². The SMILES string of the molecule is CCOC1(C(=O)CCC(C)(C)C)CCCCCC1. The first-order valence-electron chi connectivity index (χ1n) is 7.57. The van der Waals surface area contributed by atoms with Gasteiger partial charge in [-0.1, -0.05) is 46.5 Å². The summed E-state index contributed by atoms with van der Waals surface area (Å²) in [6.45, 7) is 9.24. The molecular weight excluding hydrogens is 224 g/mol. The molecule has 0 bridgehead atoms. The summed E-state index contributed by atoms with van der Waals surface area (Å²) in [5.74, 6) is 0.348. The van der Waals surface area contributed by atoms with Gasteiger partial charge < -0.3 is 4.74 Å². The first-order chi connectivity index (χ1) is 8.40. The van der Waals surface area contributed by atoms with Crippen LogP contribution in [0.1, 0.15) is 79.1 Å². The molecule has 2 heteroatoms. The number of hydrogen-bond acceptors (Lipinski definition) is 2. The van der Waals surface area contributed by atoms with E-state index in [0.29, 0.717) is 18.8 Å². The Morgan fingerprint density at radius 2 is 1.67 bits per heavy atom. The quantitative estimate of drug-likeness (QED) is 0.675. The fraction of sp³-hybridized carbons (Fsp3) is 0.938. The summed E-state index contributed by atoms with van der Waals surface area (Å²) in [5, 5.41) is 0. The highest BCUT2D eigenvalue weighted by atomic mass is 16.5. The van der Waals surface area contributed by atoms with Gasteiger partial charge in [-0.15, -0.1) is 0 Å². The zero-order chi connectivity index (χ0) is 13.6. The molecule has 1 aliphatic rings. The molecule has 0 unspecified atom stereocenters. The zero-order valence-corrected chi connectivity index (χ0v) is 12.7.